The van der Waals surface area contributed by atoms with Crippen molar-refractivity contribution in [3.63, 3.8) is 0 Å². The summed E-state index contributed by atoms with van der Waals surface area (Å²) >= 11 is 0. The minimum atomic E-state index is 0.0347. The quantitative estimate of drug-likeness (QED) is 0.655. The van der Waals surface area contributed by atoms with Gasteiger partial charge in [0.05, 0.1) is 6.61 Å². The van der Waals surface area contributed by atoms with Crippen molar-refractivity contribution in [3.8, 4) is 5.69 Å². The molecule has 0 amide bonds. The molecule has 1 aliphatic heterocycles. The van der Waals surface area contributed by atoms with Crippen LogP contribution in [0.4, 0.5) is 0 Å². The molecule has 4 rings (SSSR count). The van der Waals surface area contributed by atoms with Gasteiger partial charge in [-0.2, -0.15) is 0 Å². The lowest BCUT2D eigenvalue weighted by Crippen LogP contribution is -2.23. The van der Waals surface area contributed by atoms with Crippen LogP contribution in [0, 0.1) is 6.92 Å². The lowest BCUT2D eigenvalue weighted by molar-refractivity contribution is 0.0288. The molecular formula is C23H26N2O. The third-order valence-electron chi connectivity index (χ3n) is 5.14. The summed E-state index contributed by atoms with van der Waals surface area (Å²) in [4.78, 5) is 2.41. The molecule has 0 bridgehead atoms. The smallest absolute Gasteiger partial charge is 0.138 e. The van der Waals surface area contributed by atoms with E-state index in [0.717, 1.165) is 26.1 Å². The maximum absolute atomic E-state index is 6.05. The van der Waals surface area contributed by atoms with E-state index in [1.807, 2.05) is 0 Å². The Kier molecular flexibility index (Phi) is 4.91. The van der Waals surface area contributed by atoms with Crippen molar-refractivity contribution in [1.29, 1.82) is 0 Å². The van der Waals surface area contributed by atoms with Gasteiger partial charge in [0, 0.05) is 36.7 Å². The topological polar surface area (TPSA) is 17.4 Å². The largest absolute Gasteiger partial charge is 0.357 e. The molecule has 2 heterocycles. The van der Waals surface area contributed by atoms with Gasteiger partial charge in [0.15, 0.2) is 0 Å². The van der Waals surface area contributed by atoms with E-state index in [-0.39, 0.29) is 6.23 Å². The molecule has 3 nitrogen and oxygen atoms in total. The van der Waals surface area contributed by atoms with Gasteiger partial charge in [0.25, 0.3) is 0 Å². The average molecular weight is 346 g/mol. The molecule has 134 valence electrons. The first kappa shape index (κ1) is 17.1. The summed E-state index contributed by atoms with van der Waals surface area (Å²) in [5.41, 5.74) is 6.41. The molecule has 1 aromatic heterocycles. The highest BCUT2D eigenvalue weighted by Crippen LogP contribution is 2.29. The number of aromatic nitrogens is 1. The molecule has 0 radical (unpaired) electrons. The van der Waals surface area contributed by atoms with Crippen LogP contribution in [0.2, 0.25) is 0 Å². The summed E-state index contributed by atoms with van der Waals surface area (Å²) in [5, 5.41) is 0. The minimum absolute atomic E-state index is 0.0347. The van der Waals surface area contributed by atoms with Crippen LogP contribution in [-0.2, 0) is 17.7 Å². The van der Waals surface area contributed by atoms with Crippen LogP contribution in [-0.4, -0.2) is 22.6 Å². The Bertz CT molecular complexity index is 849. The Hall–Kier alpha value is -2.36. The van der Waals surface area contributed by atoms with Crippen LogP contribution in [0.5, 0.6) is 0 Å². The molecule has 3 aromatic rings. The molecule has 0 unspecified atom stereocenters. The van der Waals surface area contributed by atoms with E-state index in [2.05, 4.69) is 90.3 Å². The van der Waals surface area contributed by atoms with Crippen molar-refractivity contribution in [1.82, 2.24) is 9.47 Å². The first-order chi connectivity index (χ1) is 12.7. The van der Waals surface area contributed by atoms with Crippen molar-refractivity contribution in [2.24, 2.45) is 0 Å². The molecule has 0 aliphatic carbocycles. The van der Waals surface area contributed by atoms with E-state index in [4.69, 9.17) is 4.74 Å². The van der Waals surface area contributed by atoms with Gasteiger partial charge >= 0.3 is 0 Å². The third-order valence-corrected chi connectivity index (χ3v) is 5.14. The molecule has 0 N–H and O–H groups in total. The summed E-state index contributed by atoms with van der Waals surface area (Å²) in [7, 11) is 0. The molecule has 0 saturated carbocycles. The highest BCUT2D eigenvalue weighted by Gasteiger charge is 2.27. The van der Waals surface area contributed by atoms with Crippen molar-refractivity contribution >= 4 is 0 Å². The highest BCUT2D eigenvalue weighted by molar-refractivity contribution is 5.36. The predicted octanol–water partition coefficient (Wildman–Crippen LogP) is 4.88. The summed E-state index contributed by atoms with van der Waals surface area (Å²) in [6.07, 6.45) is 5.43. The lowest BCUT2D eigenvalue weighted by atomic mass is 10.1. The van der Waals surface area contributed by atoms with Crippen molar-refractivity contribution in [3.05, 3.63) is 89.2 Å². The Balaban J connectivity index is 1.51. The maximum Gasteiger partial charge on any atom is 0.138 e. The fourth-order valence-corrected chi connectivity index (χ4v) is 3.52. The average Bonchev–Trinajstić information content (AvgIpc) is 3.33. The molecule has 26 heavy (non-hydrogen) atoms. The van der Waals surface area contributed by atoms with Crippen LogP contribution in [0.15, 0.2) is 67.0 Å². The Labute approximate surface area is 155 Å². The normalized spacial score (nSPS) is 17.7. The molecule has 1 atom stereocenters. The van der Waals surface area contributed by atoms with Gasteiger partial charge in [0.2, 0.25) is 0 Å². The van der Waals surface area contributed by atoms with Gasteiger partial charge in [-0.25, -0.2) is 0 Å². The second-order valence-corrected chi connectivity index (χ2v) is 7.05. The fourth-order valence-electron chi connectivity index (χ4n) is 3.52. The minimum Gasteiger partial charge on any atom is -0.357 e. The van der Waals surface area contributed by atoms with Gasteiger partial charge in [-0.15, -0.1) is 0 Å². The number of hydrogen-bond acceptors (Lipinski definition) is 2. The van der Waals surface area contributed by atoms with Gasteiger partial charge in [0.1, 0.15) is 6.23 Å². The van der Waals surface area contributed by atoms with E-state index in [1.54, 1.807) is 0 Å². The number of ether oxygens (including phenoxy) is 1. The van der Waals surface area contributed by atoms with E-state index >= 15 is 0 Å². The summed E-state index contributed by atoms with van der Waals surface area (Å²) in [6.45, 7) is 6.98. The number of aryl methyl sites for hydroxylation is 2. The molecule has 3 heteroatoms. The number of hydrogen-bond donors (Lipinski definition) is 0. The molecule has 2 aromatic carbocycles. The summed E-state index contributed by atoms with van der Waals surface area (Å²) in [6, 6.07) is 19.7. The van der Waals surface area contributed by atoms with Crippen LogP contribution in [0.1, 0.15) is 35.4 Å². The van der Waals surface area contributed by atoms with Crippen LogP contribution >= 0.6 is 0 Å². The monoisotopic (exact) mass is 346 g/mol. The van der Waals surface area contributed by atoms with Crippen LogP contribution < -0.4 is 0 Å². The van der Waals surface area contributed by atoms with Crippen molar-refractivity contribution in [2.45, 2.75) is 33.0 Å². The summed E-state index contributed by atoms with van der Waals surface area (Å²) < 4.78 is 8.23. The van der Waals surface area contributed by atoms with Gasteiger partial charge in [-0.1, -0.05) is 48.9 Å². The molecule has 1 fully saturated rings. The number of benzene rings is 2. The lowest BCUT2D eigenvalue weighted by Gasteiger charge is -2.22. The fraction of sp³-hybridized carbons (Fsp3) is 0.304. The van der Waals surface area contributed by atoms with Crippen LogP contribution in [0.3, 0.4) is 0 Å². The summed E-state index contributed by atoms with van der Waals surface area (Å²) in [5.74, 6) is 0. The van der Waals surface area contributed by atoms with Gasteiger partial charge in [-0.3, -0.25) is 4.90 Å². The Morgan fingerprint density at radius 1 is 0.962 bits per heavy atom. The maximum atomic E-state index is 6.05. The first-order valence-corrected chi connectivity index (χ1v) is 9.41. The zero-order chi connectivity index (χ0) is 17.9. The van der Waals surface area contributed by atoms with Crippen LogP contribution in [0.25, 0.3) is 5.69 Å². The van der Waals surface area contributed by atoms with E-state index in [9.17, 15) is 0 Å². The van der Waals surface area contributed by atoms with E-state index in [0.29, 0.717) is 0 Å². The molecule has 1 aliphatic rings. The number of rotatable bonds is 5. The SMILES string of the molecule is CCc1ccc(-n2ccc([C@H]3OCCN3Cc3ccc(C)cc3)c2)cc1. The van der Waals surface area contributed by atoms with E-state index < -0.39 is 0 Å². The standard InChI is InChI=1S/C23H26N2O/c1-3-19-8-10-22(11-9-19)24-13-12-21(17-24)23-25(14-15-26-23)16-20-6-4-18(2)5-7-20/h4-13,17,23H,3,14-16H2,1-2H3/t23-/m1/s1. The molecule has 0 spiro atoms. The molecular weight excluding hydrogens is 320 g/mol. The second-order valence-electron chi connectivity index (χ2n) is 7.05. The van der Waals surface area contributed by atoms with Crippen molar-refractivity contribution < 1.29 is 4.74 Å². The Morgan fingerprint density at radius 2 is 1.69 bits per heavy atom. The molecule has 1 saturated heterocycles. The Morgan fingerprint density at radius 3 is 2.42 bits per heavy atom. The number of nitrogens with zero attached hydrogens (tertiary/aromatic N) is 2. The highest BCUT2D eigenvalue weighted by atomic mass is 16.5. The first-order valence-electron chi connectivity index (χ1n) is 9.41. The van der Waals surface area contributed by atoms with Gasteiger partial charge in [-0.05, 0) is 42.7 Å². The zero-order valence-electron chi connectivity index (χ0n) is 15.6. The third kappa shape index (κ3) is 3.59. The van der Waals surface area contributed by atoms with Crippen molar-refractivity contribution in [2.75, 3.05) is 13.2 Å². The predicted molar refractivity (Wildman–Crippen MR) is 105 cm³/mol. The second kappa shape index (κ2) is 7.48. The zero-order valence-corrected chi connectivity index (χ0v) is 15.6. The van der Waals surface area contributed by atoms with Gasteiger partial charge < -0.3 is 9.30 Å². The van der Waals surface area contributed by atoms with E-state index in [1.165, 1.54) is 27.9 Å².